The van der Waals surface area contributed by atoms with Gasteiger partial charge in [0.15, 0.2) is 0 Å². The smallest absolute Gasteiger partial charge is 0.475 e. The minimum absolute atomic E-state index is 0.0475. The summed E-state index contributed by atoms with van der Waals surface area (Å²) in [5.74, 6) is -4.79. The van der Waals surface area contributed by atoms with E-state index in [0.717, 1.165) is 31.7 Å². The summed E-state index contributed by atoms with van der Waals surface area (Å²) in [5, 5.41) is 14.2. The summed E-state index contributed by atoms with van der Waals surface area (Å²) in [5.41, 5.74) is 3.99. The maximum Gasteiger partial charge on any atom is 0.490 e. The van der Waals surface area contributed by atoms with Gasteiger partial charge in [-0.25, -0.2) is 9.59 Å². The van der Waals surface area contributed by atoms with Gasteiger partial charge in [0, 0.05) is 44.8 Å². The predicted molar refractivity (Wildman–Crippen MR) is 133 cm³/mol. The highest BCUT2D eigenvalue weighted by atomic mass is 19.4. The number of alkyl halides is 6. The first-order valence-electron chi connectivity index (χ1n) is 12.1. The number of hydrogen-bond donors (Lipinski definition) is 2. The van der Waals surface area contributed by atoms with Crippen LogP contribution >= 0.6 is 0 Å². The number of carboxylic acids is 2. The molecule has 1 fully saturated rings. The first-order chi connectivity index (χ1) is 19.5. The van der Waals surface area contributed by atoms with Crippen LogP contribution in [0.15, 0.2) is 59.6 Å². The van der Waals surface area contributed by atoms with E-state index in [1.807, 2.05) is 36.4 Å². The number of pyridine rings is 2. The van der Waals surface area contributed by atoms with Crippen LogP contribution in [-0.2, 0) is 21.5 Å². The summed E-state index contributed by atoms with van der Waals surface area (Å²) in [4.78, 5) is 44.1. The van der Waals surface area contributed by atoms with Gasteiger partial charge in [-0.05, 0) is 43.2 Å². The molecule has 0 radical (unpaired) electrons. The summed E-state index contributed by atoms with van der Waals surface area (Å²) in [7, 11) is 0. The molecule has 1 amide bonds. The molecule has 1 saturated heterocycles. The third-order valence-electron chi connectivity index (χ3n) is 6.43. The molecule has 1 unspecified atom stereocenters. The number of nitrogens with zero attached hydrogens (tertiary/aromatic N) is 4. The van der Waals surface area contributed by atoms with Gasteiger partial charge < -0.3 is 24.4 Å². The van der Waals surface area contributed by atoms with Gasteiger partial charge >= 0.3 is 24.3 Å². The lowest BCUT2D eigenvalue weighted by Gasteiger charge is -2.25. The van der Waals surface area contributed by atoms with E-state index >= 15 is 0 Å². The Morgan fingerprint density at radius 3 is 2.12 bits per heavy atom. The van der Waals surface area contributed by atoms with Crippen molar-refractivity contribution in [1.82, 2.24) is 14.9 Å². The Morgan fingerprint density at radius 2 is 1.60 bits per heavy atom. The van der Waals surface area contributed by atoms with E-state index in [-0.39, 0.29) is 11.3 Å². The van der Waals surface area contributed by atoms with Gasteiger partial charge in [0.1, 0.15) is 5.76 Å². The number of carbonyl (C=O) groups excluding carboxylic acids is 1. The molecule has 1 atom stereocenters. The summed E-state index contributed by atoms with van der Waals surface area (Å²) < 4.78 is 68.8. The molecule has 0 saturated carbocycles. The molecule has 1 spiro atoms. The zero-order valence-corrected chi connectivity index (χ0v) is 21.8. The number of aryl methyl sites for hydroxylation is 1. The Labute approximate surface area is 234 Å². The molecule has 16 heteroatoms. The molecule has 2 N–H and O–H groups in total. The Balaban J connectivity index is 0.000000289. The van der Waals surface area contributed by atoms with Gasteiger partial charge in [0.25, 0.3) is 5.91 Å². The number of halogens is 6. The van der Waals surface area contributed by atoms with Crippen LogP contribution in [0.25, 0.3) is 0 Å². The van der Waals surface area contributed by atoms with Gasteiger partial charge in [-0.1, -0.05) is 6.07 Å². The third-order valence-corrected chi connectivity index (χ3v) is 6.43. The molecule has 3 aromatic heterocycles. The fourth-order valence-corrected chi connectivity index (χ4v) is 4.58. The molecule has 10 nitrogen and oxygen atoms in total. The fraction of sp³-hybridized carbons (Fsp3) is 0.346. The third kappa shape index (κ3) is 7.55. The van der Waals surface area contributed by atoms with Gasteiger partial charge in [0.2, 0.25) is 0 Å². The second kappa shape index (κ2) is 12.5. The topological polar surface area (TPSA) is 137 Å². The van der Waals surface area contributed by atoms with Gasteiger partial charge in [-0.2, -0.15) is 26.3 Å². The summed E-state index contributed by atoms with van der Waals surface area (Å²) >= 11 is 0. The van der Waals surface area contributed by atoms with E-state index in [1.54, 1.807) is 18.5 Å². The molecule has 42 heavy (non-hydrogen) atoms. The minimum Gasteiger partial charge on any atom is -0.475 e. The zero-order valence-electron chi connectivity index (χ0n) is 21.8. The highest BCUT2D eigenvalue weighted by molar-refractivity contribution is 5.95. The lowest BCUT2D eigenvalue weighted by molar-refractivity contribution is -0.193. The molecule has 0 bridgehead atoms. The quantitative estimate of drug-likeness (QED) is 0.417. The van der Waals surface area contributed by atoms with Crippen molar-refractivity contribution in [3.05, 3.63) is 77.8 Å². The second-order valence-electron chi connectivity index (χ2n) is 9.34. The normalized spacial score (nSPS) is 17.6. The number of amides is 1. The standard InChI is InChI=1S/C22H22N4O2.2C2HF3O2/c1-16-18(6-11-28-16)21(27)25-10-7-22(14-25)15-26(13-17-4-2-8-23-12-17)19-5-3-9-24-20(19)22;2*3-2(4,5)1(6)7/h2-6,8-9,11-12H,7,10,13-15H2,1H3;2*(H,6,7). The number of hydrogen-bond acceptors (Lipinski definition) is 7. The van der Waals surface area contributed by atoms with Crippen LogP contribution in [0.4, 0.5) is 32.0 Å². The minimum atomic E-state index is -5.08. The van der Waals surface area contributed by atoms with Crippen LogP contribution in [0.2, 0.25) is 0 Å². The first kappa shape index (κ1) is 31.9. The molecule has 2 aliphatic rings. The molecular formula is C26H24F6N4O6. The van der Waals surface area contributed by atoms with E-state index in [4.69, 9.17) is 29.2 Å². The Bertz CT molecular complexity index is 1390. The van der Waals surface area contributed by atoms with Gasteiger partial charge in [-0.3, -0.25) is 14.8 Å². The first-order valence-corrected chi connectivity index (χ1v) is 12.1. The maximum absolute atomic E-state index is 13.0. The summed E-state index contributed by atoms with van der Waals surface area (Å²) in [6, 6.07) is 9.95. The molecular weight excluding hydrogens is 578 g/mol. The number of anilines is 1. The number of carboxylic acid groups (broad SMARTS) is 2. The van der Waals surface area contributed by atoms with Crippen molar-refractivity contribution in [2.75, 3.05) is 24.5 Å². The van der Waals surface area contributed by atoms with Crippen LogP contribution in [0.1, 0.15) is 33.8 Å². The number of furan rings is 1. The van der Waals surface area contributed by atoms with Crippen molar-refractivity contribution in [3.63, 3.8) is 0 Å². The van der Waals surface area contributed by atoms with Gasteiger partial charge in [-0.15, -0.1) is 0 Å². The van der Waals surface area contributed by atoms with Crippen LogP contribution in [0.3, 0.4) is 0 Å². The molecule has 5 rings (SSSR count). The van der Waals surface area contributed by atoms with Crippen LogP contribution in [0.5, 0.6) is 0 Å². The number of carbonyl (C=O) groups is 3. The van der Waals surface area contributed by atoms with Crippen LogP contribution in [0, 0.1) is 6.92 Å². The Kier molecular flexibility index (Phi) is 9.48. The average Bonchev–Trinajstić information content (AvgIpc) is 3.62. The monoisotopic (exact) mass is 602 g/mol. The number of likely N-dealkylation sites (tertiary alicyclic amines) is 1. The van der Waals surface area contributed by atoms with E-state index < -0.39 is 24.3 Å². The number of fused-ring (bicyclic) bond motifs is 2. The largest absolute Gasteiger partial charge is 0.490 e. The Morgan fingerprint density at radius 1 is 0.976 bits per heavy atom. The fourth-order valence-electron chi connectivity index (χ4n) is 4.58. The van der Waals surface area contributed by atoms with Crippen molar-refractivity contribution in [3.8, 4) is 0 Å². The number of aromatic nitrogens is 2. The number of aliphatic carboxylic acids is 2. The van der Waals surface area contributed by atoms with E-state index in [1.165, 1.54) is 11.3 Å². The van der Waals surface area contributed by atoms with E-state index in [0.29, 0.717) is 17.9 Å². The van der Waals surface area contributed by atoms with Gasteiger partial charge in [0.05, 0.1) is 28.6 Å². The summed E-state index contributed by atoms with van der Waals surface area (Å²) in [6.07, 6.45) is -2.10. The van der Waals surface area contributed by atoms with E-state index in [2.05, 4.69) is 22.0 Å². The molecule has 226 valence electrons. The van der Waals surface area contributed by atoms with Crippen molar-refractivity contribution in [2.45, 2.75) is 37.7 Å². The average molecular weight is 602 g/mol. The van der Waals surface area contributed by atoms with Crippen molar-refractivity contribution in [1.29, 1.82) is 0 Å². The highest BCUT2D eigenvalue weighted by Crippen LogP contribution is 2.45. The maximum atomic E-state index is 13.0. The lowest BCUT2D eigenvalue weighted by atomic mass is 9.85. The van der Waals surface area contributed by atoms with Crippen LogP contribution < -0.4 is 4.90 Å². The van der Waals surface area contributed by atoms with Crippen LogP contribution in [-0.4, -0.2) is 74.9 Å². The molecule has 2 aliphatic heterocycles. The molecule has 3 aromatic rings. The highest BCUT2D eigenvalue weighted by Gasteiger charge is 2.49. The van der Waals surface area contributed by atoms with E-state index in [9.17, 15) is 31.1 Å². The van der Waals surface area contributed by atoms with Crippen molar-refractivity contribution < 1.29 is 55.4 Å². The predicted octanol–water partition coefficient (Wildman–Crippen LogP) is 4.45. The van der Waals surface area contributed by atoms with Crippen molar-refractivity contribution >= 4 is 23.5 Å². The number of rotatable bonds is 3. The Hall–Kier alpha value is -4.63. The zero-order chi connectivity index (χ0) is 31.3. The molecule has 5 heterocycles. The SMILES string of the molecule is Cc1occc1C(=O)N1CCC2(C1)CN(Cc1cccnc1)c1cccnc12.O=C(O)C(F)(F)F.O=C(O)C(F)(F)F. The molecule has 0 aliphatic carbocycles. The molecule has 0 aromatic carbocycles. The lowest BCUT2D eigenvalue weighted by Crippen LogP contribution is -2.38. The summed E-state index contributed by atoms with van der Waals surface area (Å²) in [6.45, 7) is 4.91. The van der Waals surface area contributed by atoms with Crippen molar-refractivity contribution in [2.24, 2.45) is 0 Å². The second-order valence-corrected chi connectivity index (χ2v) is 9.34.